The number of nitrogens with zero attached hydrogens (tertiary/aromatic N) is 4. The molecule has 1 radical (unpaired) electrons. The smallest absolute Gasteiger partial charge is 0.507 e. The SMILES string of the molecule is [B]1Oc2ncncc2-c2nccc[n+]21. The fraction of sp³-hybridized carbons (Fsp3) is 0. The Morgan fingerprint density at radius 3 is 3.36 bits per heavy atom. The first kappa shape index (κ1) is 7.43. The van der Waals surface area contributed by atoms with Gasteiger partial charge in [-0.2, -0.15) is 0 Å². The average molecular weight is 184 g/mol. The van der Waals surface area contributed by atoms with Crippen LogP contribution in [0.15, 0.2) is 31.0 Å². The van der Waals surface area contributed by atoms with Gasteiger partial charge in [0, 0.05) is 12.3 Å². The van der Waals surface area contributed by atoms with Crippen LogP contribution in [-0.4, -0.2) is 22.6 Å². The van der Waals surface area contributed by atoms with Crippen molar-refractivity contribution < 1.29 is 9.13 Å². The molecule has 3 heterocycles. The Bertz CT molecular complexity index is 445. The normalized spacial score (nSPS) is 12.0. The zero-order chi connectivity index (χ0) is 9.38. The number of rotatable bonds is 0. The molecule has 0 saturated carbocycles. The lowest BCUT2D eigenvalue weighted by atomic mass is 10.1. The van der Waals surface area contributed by atoms with Crippen LogP contribution in [0.2, 0.25) is 0 Å². The Morgan fingerprint density at radius 2 is 2.36 bits per heavy atom. The van der Waals surface area contributed by atoms with Crippen molar-refractivity contribution in [2.45, 2.75) is 0 Å². The van der Waals surface area contributed by atoms with Gasteiger partial charge in [-0.15, -0.1) is 0 Å². The summed E-state index contributed by atoms with van der Waals surface area (Å²) in [6.07, 6.45) is 6.72. The van der Waals surface area contributed by atoms with Crippen molar-refractivity contribution in [3.63, 3.8) is 0 Å². The van der Waals surface area contributed by atoms with Gasteiger partial charge in [-0.05, 0) is 0 Å². The van der Waals surface area contributed by atoms with E-state index in [1.54, 1.807) is 24.5 Å². The molecule has 0 aliphatic carbocycles. The zero-order valence-corrected chi connectivity index (χ0v) is 7.16. The Labute approximate surface area is 80.7 Å². The number of hydrogen-bond acceptors (Lipinski definition) is 4. The van der Waals surface area contributed by atoms with Crippen LogP contribution in [0.5, 0.6) is 5.88 Å². The van der Waals surface area contributed by atoms with Crippen LogP contribution in [0.1, 0.15) is 0 Å². The highest BCUT2D eigenvalue weighted by Gasteiger charge is 2.28. The van der Waals surface area contributed by atoms with Crippen molar-refractivity contribution in [2.24, 2.45) is 0 Å². The van der Waals surface area contributed by atoms with Gasteiger partial charge in [-0.3, -0.25) is 4.48 Å². The summed E-state index contributed by atoms with van der Waals surface area (Å²) >= 11 is 0. The monoisotopic (exact) mass is 184 g/mol. The number of aromatic nitrogens is 4. The van der Waals surface area contributed by atoms with E-state index in [1.165, 1.54) is 6.33 Å². The van der Waals surface area contributed by atoms with Crippen LogP contribution in [0.4, 0.5) is 0 Å². The second-order valence-electron chi connectivity index (χ2n) is 2.82. The first-order chi connectivity index (χ1) is 6.95. The van der Waals surface area contributed by atoms with Gasteiger partial charge >= 0.3 is 13.4 Å². The highest BCUT2D eigenvalue weighted by atomic mass is 16.4. The Kier molecular flexibility index (Phi) is 1.47. The van der Waals surface area contributed by atoms with Gasteiger partial charge in [-0.1, -0.05) is 4.98 Å². The lowest BCUT2D eigenvalue weighted by Gasteiger charge is -2.11. The van der Waals surface area contributed by atoms with Crippen molar-refractivity contribution in [2.75, 3.05) is 0 Å². The zero-order valence-electron chi connectivity index (χ0n) is 7.16. The molecule has 0 fully saturated rings. The Morgan fingerprint density at radius 1 is 1.36 bits per heavy atom. The largest absolute Gasteiger partial charge is 0.681 e. The van der Waals surface area contributed by atoms with Crippen LogP contribution in [0.25, 0.3) is 11.4 Å². The predicted molar refractivity (Wildman–Crippen MR) is 47.2 cm³/mol. The number of hydrogen-bond donors (Lipinski definition) is 0. The molecule has 3 rings (SSSR count). The van der Waals surface area contributed by atoms with Crippen LogP contribution >= 0.6 is 0 Å². The highest BCUT2D eigenvalue weighted by Crippen LogP contribution is 2.23. The molecular formula is C8H5BN4O+. The van der Waals surface area contributed by atoms with Crippen LogP contribution < -0.4 is 9.13 Å². The third kappa shape index (κ3) is 0.969. The summed E-state index contributed by atoms with van der Waals surface area (Å²) in [5, 5.41) is 0. The standard InChI is InChI=1S/C8H5BN4O/c1-2-11-7-6-4-10-5-12-8(6)14-9-13(7)3-1/h1-5H/q+1. The van der Waals surface area contributed by atoms with E-state index in [2.05, 4.69) is 15.0 Å². The minimum atomic E-state index is 0.540. The predicted octanol–water partition coefficient (Wildman–Crippen LogP) is -0.399. The average Bonchev–Trinajstić information content (AvgIpc) is 2.29. The lowest BCUT2D eigenvalue weighted by molar-refractivity contribution is -0.531. The van der Waals surface area contributed by atoms with Gasteiger partial charge in [-0.25, -0.2) is 9.97 Å². The summed E-state index contributed by atoms with van der Waals surface area (Å²) in [5.41, 5.74) is 0.801. The van der Waals surface area contributed by atoms with Gasteiger partial charge in [0.25, 0.3) is 0 Å². The minimum absolute atomic E-state index is 0.540. The van der Waals surface area contributed by atoms with Gasteiger partial charge in [0.15, 0.2) is 0 Å². The molecule has 1 aliphatic rings. The molecule has 0 bridgehead atoms. The molecule has 1 aliphatic heterocycles. The minimum Gasteiger partial charge on any atom is -0.507 e. The lowest BCUT2D eigenvalue weighted by Crippen LogP contribution is -2.48. The maximum Gasteiger partial charge on any atom is 0.681 e. The van der Waals surface area contributed by atoms with E-state index in [0.29, 0.717) is 5.88 Å². The van der Waals surface area contributed by atoms with Gasteiger partial charge in [0.1, 0.15) is 18.1 Å². The first-order valence-corrected chi connectivity index (χ1v) is 4.12. The van der Waals surface area contributed by atoms with Crippen molar-refractivity contribution in [1.29, 1.82) is 0 Å². The van der Waals surface area contributed by atoms with Crippen molar-refractivity contribution >= 4 is 7.62 Å². The molecule has 6 heteroatoms. The van der Waals surface area contributed by atoms with Gasteiger partial charge < -0.3 is 4.65 Å². The van der Waals surface area contributed by atoms with Crippen molar-refractivity contribution in [3.8, 4) is 17.3 Å². The summed E-state index contributed by atoms with van der Waals surface area (Å²) in [7, 11) is 1.57. The quantitative estimate of drug-likeness (QED) is 0.522. The topological polar surface area (TPSA) is 51.8 Å². The molecule has 2 aromatic rings. The molecule has 0 atom stereocenters. The highest BCUT2D eigenvalue weighted by molar-refractivity contribution is 6.18. The van der Waals surface area contributed by atoms with E-state index in [0.717, 1.165) is 11.4 Å². The molecule has 0 N–H and O–H groups in total. The molecule has 0 amide bonds. The summed E-state index contributed by atoms with van der Waals surface area (Å²) in [6, 6.07) is 1.83. The van der Waals surface area contributed by atoms with Gasteiger partial charge in [0.05, 0.1) is 6.20 Å². The fourth-order valence-electron chi connectivity index (χ4n) is 1.35. The summed E-state index contributed by atoms with van der Waals surface area (Å²) < 4.78 is 7.08. The molecule has 0 unspecified atom stereocenters. The van der Waals surface area contributed by atoms with E-state index in [4.69, 9.17) is 4.65 Å². The second-order valence-corrected chi connectivity index (χ2v) is 2.82. The van der Waals surface area contributed by atoms with E-state index in [1.807, 2.05) is 12.3 Å². The third-order valence-corrected chi connectivity index (χ3v) is 1.97. The first-order valence-electron chi connectivity index (χ1n) is 4.12. The maximum atomic E-state index is 5.30. The molecule has 65 valence electrons. The van der Waals surface area contributed by atoms with Crippen LogP contribution in [-0.2, 0) is 0 Å². The molecular weight excluding hydrogens is 179 g/mol. The van der Waals surface area contributed by atoms with Crippen LogP contribution in [0, 0.1) is 0 Å². The second kappa shape index (κ2) is 2.76. The van der Waals surface area contributed by atoms with E-state index < -0.39 is 0 Å². The molecule has 5 nitrogen and oxygen atoms in total. The molecule has 2 aromatic heterocycles. The van der Waals surface area contributed by atoms with Crippen LogP contribution in [0.3, 0.4) is 0 Å². The summed E-state index contributed by atoms with van der Waals surface area (Å²) in [5.74, 6) is 1.33. The Balaban J connectivity index is 2.29. The third-order valence-electron chi connectivity index (χ3n) is 1.97. The summed E-state index contributed by atoms with van der Waals surface area (Å²) in [4.78, 5) is 12.2. The maximum absolute atomic E-state index is 5.30. The van der Waals surface area contributed by atoms with Crippen molar-refractivity contribution in [3.05, 3.63) is 31.0 Å². The summed E-state index contributed by atoms with van der Waals surface area (Å²) in [6.45, 7) is 0. The van der Waals surface area contributed by atoms with Gasteiger partial charge in [0.2, 0.25) is 5.88 Å². The Hall–Kier alpha value is -1.98. The van der Waals surface area contributed by atoms with Crippen molar-refractivity contribution in [1.82, 2.24) is 15.0 Å². The van der Waals surface area contributed by atoms with E-state index in [9.17, 15) is 0 Å². The molecule has 0 spiro atoms. The number of fused-ring (bicyclic) bond motifs is 3. The van der Waals surface area contributed by atoms with E-state index >= 15 is 0 Å². The molecule has 0 saturated heterocycles. The van der Waals surface area contributed by atoms with E-state index in [-0.39, 0.29) is 0 Å². The fourth-order valence-corrected chi connectivity index (χ4v) is 1.35. The molecule has 14 heavy (non-hydrogen) atoms. The molecule has 0 aromatic carbocycles.